The number of aromatic nitrogens is 1. The van der Waals surface area contributed by atoms with E-state index in [2.05, 4.69) is 10.3 Å². The SMILES string of the molecule is O=C(Cc1ccc2ccccc2c1)Nc1ccc(C(=O)NO)nc1. The molecule has 3 N–H and O–H groups in total. The summed E-state index contributed by atoms with van der Waals surface area (Å²) in [6, 6.07) is 16.8. The molecule has 3 rings (SSSR count). The van der Waals surface area contributed by atoms with E-state index in [-0.39, 0.29) is 18.0 Å². The van der Waals surface area contributed by atoms with Gasteiger partial charge < -0.3 is 5.32 Å². The van der Waals surface area contributed by atoms with Gasteiger partial charge in [-0.1, -0.05) is 42.5 Å². The number of hydrogen-bond donors (Lipinski definition) is 3. The molecule has 24 heavy (non-hydrogen) atoms. The van der Waals surface area contributed by atoms with E-state index < -0.39 is 5.91 Å². The number of carbonyl (C=O) groups is 2. The van der Waals surface area contributed by atoms with Crippen LogP contribution in [0.4, 0.5) is 5.69 Å². The Morgan fingerprint density at radius 2 is 1.79 bits per heavy atom. The number of fused-ring (bicyclic) bond motifs is 1. The molecule has 0 fully saturated rings. The van der Waals surface area contributed by atoms with Crippen molar-refractivity contribution >= 4 is 28.3 Å². The lowest BCUT2D eigenvalue weighted by atomic mass is 10.0. The van der Waals surface area contributed by atoms with Gasteiger partial charge in [-0.05, 0) is 28.5 Å². The number of nitrogens with one attached hydrogen (secondary N) is 2. The van der Waals surface area contributed by atoms with Gasteiger partial charge in [-0.2, -0.15) is 0 Å². The van der Waals surface area contributed by atoms with Gasteiger partial charge in [0.25, 0.3) is 5.91 Å². The molecule has 0 unspecified atom stereocenters. The number of anilines is 1. The van der Waals surface area contributed by atoms with Crippen LogP contribution in [0, 0.1) is 0 Å². The van der Waals surface area contributed by atoms with Gasteiger partial charge >= 0.3 is 0 Å². The highest BCUT2D eigenvalue weighted by Gasteiger charge is 2.08. The Morgan fingerprint density at radius 1 is 1.00 bits per heavy atom. The second kappa shape index (κ2) is 6.89. The average Bonchev–Trinajstić information content (AvgIpc) is 2.61. The van der Waals surface area contributed by atoms with Crippen molar-refractivity contribution < 1.29 is 14.8 Å². The van der Waals surface area contributed by atoms with E-state index in [1.165, 1.54) is 17.7 Å². The summed E-state index contributed by atoms with van der Waals surface area (Å²) in [5, 5.41) is 13.5. The summed E-state index contributed by atoms with van der Waals surface area (Å²) in [4.78, 5) is 27.2. The van der Waals surface area contributed by atoms with Crippen LogP contribution in [-0.2, 0) is 11.2 Å². The Labute approximate surface area is 138 Å². The molecule has 0 atom stereocenters. The number of rotatable bonds is 4. The first kappa shape index (κ1) is 15.6. The average molecular weight is 321 g/mol. The minimum atomic E-state index is -0.705. The van der Waals surface area contributed by atoms with Crippen LogP contribution >= 0.6 is 0 Å². The van der Waals surface area contributed by atoms with E-state index in [9.17, 15) is 9.59 Å². The summed E-state index contributed by atoms with van der Waals surface area (Å²) in [6.07, 6.45) is 1.60. The maximum atomic E-state index is 12.1. The topological polar surface area (TPSA) is 91.3 Å². The summed E-state index contributed by atoms with van der Waals surface area (Å²) < 4.78 is 0. The van der Waals surface area contributed by atoms with E-state index in [4.69, 9.17) is 5.21 Å². The van der Waals surface area contributed by atoms with Crippen LogP contribution in [0.15, 0.2) is 60.8 Å². The lowest BCUT2D eigenvalue weighted by Crippen LogP contribution is -2.20. The third-order valence-electron chi connectivity index (χ3n) is 3.56. The van der Waals surface area contributed by atoms with Crippen molar-refractivity contribution in [1.82, 2.24) is 10.5 Å². The van der Waals surface area contributed by atoms with Crippen LogP contribution in [0.25, 0.3) is 10.8 Å². The molecule has 3 aromatic rings. The number of carbonyl (C=O) groups excluding carboxylic acids is 2. The van der Waals surface area contributed by atoms with Gasteiger partial charge in [0.05, 0.1) is 18.3 Å². The van der Waals surface area contributed by atoms with Crippen molar-refractivity contribution in [3.8, 4) is 0 Å². The standard InChI is InChI=1S/C18H15N3O3/c22-17(20-15-7-8-16(19-11-15)18(23)21-24)10-12-5-6-13-3-1-2-4-14(13)9-12/h1-9,11,24H,10H2,(H,20,22)(H,21,23). The van der Waals surface area contributed by atoms with Crippen molar-refractivity contribution in [2.45, 2.75) is 6.42 Å². The van der Waals surface area contributed by atoms with E-state index in [1.807, 2.05) is 42.5 Å². The number of amides is 2. The fraction of sp³-hybridized carbons (Fsp3) is 0.0556. The zero-order chi connectivity index (χ0) is 16.9. The number of hydrogen-bond acceptors (Lipinski definition) is 4. The highest BCUT2D eigenvalue weighted by Crippen LogP contribution is 2.16. The molecule has 6 nitrogen and oxygen atoms in total. The summed E-state index contributed by atoms with van der Waals surface area (Å²) in [5.74, 6) is -0.879. The minimum absolute atomic E-state index is 0.0602. The normalized spacial score (nSPS) is 10.4. The van der Waals surface area contributed by atoms with Crippen molar-refractivity contribution in [2.75, 3.05) is 5.32 Å². The summed E-state index contributed by atoms with van der Waals surface area (Å²) in [5.41, 5.74) is 2.95. The van der Waals surface area contributed by atoms with Crippen molar-refractivity contribution in [2.24, 2.45) is 0 Å². The second-order valence-corrected chi connectivity index (χ2v) is 5.28. The Morgan fingerprint density at radius 3 is 2.50 bits per heavy atom. The summed E-state index contributed by atoms with van der Waals surface area (Å²) in [7, 11) is 0. The van der Waals surface area contributed by atoms with Crippen molar-refractivity contribution in [3.63, 3.8) is 0 Å². The van der Waals surface area contributed by atoms with Gasteiger partial charge in [0.1, 0.15) is 5.69 Å². The highest BCUT2D eigenvalue weighted by molar-refractivity contribution is 5.94. The Hall–Kier alpha value is -3.25. The van der Waals surface area contributed by atoms with Crippen molar-refractivity contribution in [3.05, 3.63) is 72.1 Å². The van der Waals surface area contributed by atoms with Gasteiger partial charge in [0.15, 0.2) is 0 Å². The number of benzene rings is 2. The predicted octanol–water partition coefficient (Wildman–Crippen LogP) is 2.53. The van der Waals surface area contributed by atoms with Crippen LogP contribution in [0.3, 0.4) is 0 Å². The third-order valence-corrected chi connectivity index (χ3v) is 3.56. The molecule has 0 aliphatic heterocycles. The molecule has 2 amide bonds. The Bertz CT molecular complexity index is 891. The maximum Gasteiger partial charge on any atom is 0.293 e. The van der Waals surface area contributed by atoms with Gasteiger partial charge in [-0.3, -0.25) is 14.8 Å². The van der Waals surface area contributed by atoms with Gasteiger partial charge in [0.2, 0.25) is 5.91 Å². The number of nitrogens with zero attached hydrogens (tertiary/aromatic N) is 1. The monoisotopic (exact) mass is 321 g/mol. The lowest BCUT2D eigenvalue weighted by Gasteiger charge is -2.07. The molecule has 1 heterocycles. The van der Waals surface area contributed by atoms with Crippen LogP contribution < -0.4 is 10.8 Å². The van der Waals surface area contributed by atoms with Crippen LogP contribution in [0.1, 0.15) is 16.1 Å². The molecule has 0 saturated heterocycles. The van der Waals surface area contributed by atoms with E-state index >= 15 is 0 Å². The second-order valence-electron chi connectivity index (χ2n) is 5.28. The molecule has 6 heteroatoms. The van der Waals surface area contributed by atoms with Crippen LogP contribution in [0.5, 0.6) is 0 Å². The Balaban J connectivity index is 1.67. The van der Waals surface area contributed by atoms with Gasteiger partial charge in [-0.15, -0.1) is 0 Å². The smallest absolute Gasteiger partial charge is 0.293 e. The largest absolute Gasteiger partial charge is 0.324 e. The first-order chi connectivity index (χ1) is 11.7. The molecule has 1 aromatic heterocycles. The van der Waals surface area contributed by atoms with Crippen LogP contribution in [0.2, 0.25) is 0 Å². The van der Waals surface area contributed by atoms with Gasteiger partial charge in [0, 0.05) is 0 Å². The fourth-order valence-corrected chi connectivity index (χ4v) is 2.40. The van der Waals surface area contributed by atoms with Crippen LogP contribution in [-0.4, -0.2) is 22.0 Å². The molecule has 0 radical (unpaired) electrons. The fourth-order valence-electron chi connectivity index (χ4n) is 2.40. The highest BCUT2D eigenvalue weighted by atomic mass is 16.5. The first-order valence-electron chi connectivity index (χ1n) is 7.34. The summed E-state index contributed by atoms with van der Waals surface area (Å²) >= 11 is 0. The molecule has 120 valence electrons. The lowest BCUT2D eigenvalue weighted by molar-refractivity contribution is -0.115. The van der Waals surface area contributed by atoms with E-state index in [0.29, 0.717) is 5.69 Å². The minimum Gasteiger partial charge on any atom is -0.324 e. The quantitative estimate of drug-likeness (QED) is 0.509. The molecule has 0 aliphatic carbocycles. The molecule has 0 aliphatic rings. The molecular formula is C18H15N3O3. The summed E-state index contributed by atoms with van der Waals surface area (Å²) in [6.45, 7) is 0. The molecule has 0 spiro atoms. The molecule has 0 saturated carbocycles. The Kier molecular flexibility index (Phi) is 4.49. The zero-order valence-electron chi connectivity index (χ0n) is 12.7. The van der Waals surface area contributed by atoms with E-state index in [1.54, 1.807) is 6.07 Å². The first-order valence-corrected chi connectivity index (χ1v) is 7.34. The molecule has 2 aromatic carbocycles. The van der Waals surface area contributed by atoms with Gasteiger partial charge in [-0.25, -0.2) is 10.5 Å². The molecule has 0 bridgehead atoms. The molecular weight excluding hydrogens is 306 g/mol. The van der Waals surface area contributed by atoms with E-state index in [0.717, 1.165) is 16.3 Å². The third kappa shape index (κ3) is 3.56. The predicted molar refractivity (Wildman–Crippen MR) is 89.8 cm³/mol. The zero-order valence-corrected chi connectivity index (χ0v) is 12.7. The van der Waals surface area contributed by atoms with Crippen molar-refractivity contribution in [1.29, 1.82) is 0 Å². The maximum absolute atomic E-state index is 12.1. The number of hydroxylamine groups is 1. The number of pyridine rings is 1.